The van der Waals surface area contributed by atoms with E-state index in [4.69, 9.17) is 4.89 Å². The van der Waals surface area contributed by atoms with Gasteiger partial charge in [0, 0.05) is 16.7 Å². The van der Waals surface area contributed by atoms with Crippen molar-refractivity contribution in [2.24, 2.45) is 45.3 Å². The first-order valence-electron chi connectivity index (χ1n) is 14.3. The second kappa shape index (κ2) is 9.18. The zero-order valence-corrected chi connectivity index (χ0v) is 24.0. The topological polar surface area (TPSA) is 110 Å². The fourth-order valence-electron chi connectivity index (χ4n) is 9.73. The second-order valence-electron chi connectivity index (χ2n) is 14.4. The SMILES string of the molecule is C=C(CC[C@@H](C(=O)O)C1[C@H](O)C[C@@]2(C)C3CC[C@@]4(O[O-])C(C)(C)[C@@H](O)CC[C@]4(C)C3=CC[C@]12C)C(C)C. The fraction of sp³-hybridized carbons (Fsp3) is 0.839. The Bertz CT molecular complexity index is 969. The van der Waals surface area contributed by atoms with E-state index >= 15 is 0 Å². The molecule has 0 aromatic carbocycles. The molecule has 4 aliphatic rings. The first-order valence-corrected chi connectivity index (χ1v) is 14.3. The summed E-state index contributed by atoms with van der Waals surface area (Å²) in [4.78, 5) is 17.8. The molecule has 9 atom stereocenters. The molecule has 6 nitrogen and oxygen atoms in total. The lowest BCUT2D eigenvalue weighted by molar-refractivity contribution is -0.734. The van der Waals surface area contributed by atoms with Crippen molar-refractivity contribution in [1.29, 1.82) is 0 Å². The van der Waals surface area contributed by atoms with E-state index in [1.54, 1.807) is 0 Å². The number of carboxylic acid groups (broad SMARTS) is 1. The molecular weight excluding hydrogens is 468 g/mol. The summed E-state index contributed by atoms with van der Waals surface area (Å²) in [7, 11) is 0. The summed E-state index contributed by atoms with van der Waals surface area (Å²) in [5.74, 6) is -1.40. The summed E-state index contributed by atoms with van der Waals surface area (Å²) in [6.45, 7) is 18.8. The van der Waals surface area contributed by atoms with Gasteiger partial charge in [0.05, 0.1) is 23.7 Å². The van der Waals surface area contributed by atoms with Crippen LogP contribution in [-0.2, 0) is 9.68 Å². The van der Waals surface area contributed by atoms with Gasteiger partial charge in [0.15, 0.2) is 0 Å². The lowest BCUT2D eigenvalue weighted by Crippen LogP contribution is -2.70. The number of rotatable bonds is 7. The molecule has 0 radical (unpaired) electrons. The Morgan fingerprint density at radius 1 is 1.14 bits per heavy atom. The highest BCUT2D eigenvalue weighted by Gasteiger charge is 2.71. The molecule has 4 rings (SSSR count). The Morgan fingerprint density at radius 2 is 1.78 bits per heavy atom. The molecule has 3 fully saturated rings. The number of hydrogen-bond donors (Lipinski definition) is 3. The summed E-state index contributed by atoms with van der Waals surface area (Å²) < 4.78 is 0. The van der Waals surface area contributed by atoms with Gasteiger partial charge >= 0.3 is 5.97 Å². The first-order chi connectivity index (χ1) is 17.0. The Kier molecular flexibility index (Phi) is 7.14. The molecule has 0 aliphatic heterocycles. The van der Waals surface area contributed by atoms with Crippen LogP contribution in [0.4, 0.5) is 0 Å². The molecule has 0 spiro atoms. The molecule has 6 heteroatoms. The van der Waals surface area contributed by atoms with Crippen molar-refractivity contribution in [3.8, 4) is 0 Å². The highest BCUT2D eigenvalue weighted by atomic mass is 17.1. The first kappa shape index (κ1) is 28.8. The fourth-order valence-corrected chi connectivity index (χ4v) is 9.73. The average molecular weight is 518 g/mol. The molecule has 0 amide bonds. The summed E-state index contributed by atoms with van der Waals surface area (Å²) in [5, 5.41) is 45.3. The number of allylic oxidation sites excluding steroid dienone is 2. The van der Waals surface area contributed by atoms with Crippen molar-refractivity contribution >= 4 is 5.97 Å². The number of aliphatic hydroxyl groups is 2. The maximum absolute atomic E-state index is 12.6. The van der Waals surface area contributed by atoms with Crippen LogP contribution in [0.3, 0.4) is 0 Å². The number of fused-ring (bicyclic) bond motifs is 5. The van der Waals surface area contributed by atoms with Crippen LogP contribution < -0.4 is 5.26 Å². The number of aliphatic carboxylic acids is 1. The Balaban J connectivity index is 1.75. The smallest absolute Gasteiger partial charge is 0.306 e. The van der Waals surface area contributed by atoms with Crippen LogP contribution in [0, 0.1) is 45.3 Å². The van der Waals surface area contributed by atoms with Crippen molar-refractivity contribution < 1.29 is 30.3 Å². The summed E-state index contributed by atoms with van der Waals surface area (Å²) in [6.07, 6.45) is 5.87. The van der Waals surface area contributed by atoms with Crippen LogP contribution in [-0.4, -0.2) is 39.1 Å². The predicted octanol–water partition coefficient (Wildman–Crippen LogP) is 5.03. The molecule has 37 heavy (non-hydrogen) atoms. The van der Waals surface area contributed by atoms with Crippen molar-refractivity contribution in [3.63, 3.8) is 0 Å². The molecule has 3 N–H and O–H groups in total. The van der Waals surface area contributed by atoms with E-state index in [9.17, 15) is 25.4 Å². The lowest BCUT2D eigenvalue weighted by Gasteiger charge is -2.70. The van der Waals surface area contributed by atoms with Crippen molar-refractivity contribution in [1.82, 2.24) is 0 Å². The van der Waals surface area contributed by atoms with Crippen molar-refractivity contribution in [3.05, 3.63) is 23.8 Å². The van der Waals surface area contributed by atoms with Crippen LogP contribution in [0.5, 0.6) is 0 Å². The van der Waals surface area contributed by atoms with Crippen LogP contribution in [0.15, 0.2) is 23.8 Å². The van der Waals surface area contributed by atoms with Gasteiger partial charge in [0.2, 0.25) is 0 Å². The molecule has 4 aliphatic carbocycles. The third kappa shape index (κ3) is 3.68. The van der Waals surface area contributed by atoms with E-state index < -0.39 is 40.5 Å². The maximum Gasteiger partial charge on any atom is 0.306 e. The highest BCUT2D eigenvalue weighted by molar-refractivity contribution is 5.71. The van der Waals surface area contributed by atoms with Crippen LogP contribution in [0.2, 0.25) is 0 Å². The molecule has 0 heterocycles. The van der Waals surface area contributed by atoms with E-state index in [2.05, 4.69) is 47.3 Å². The lowest BCUT2D eigenvalue weighted by atomic mass is 9.39. The minimum absolute atomic E-state index is 0.130. The number of carboxylic acids is 1. The van der Waals surface area contributed by atoms with Crippen LogP contribution in [0.25, 0.3) is 0 Å². The van der Waals surface area contributed by atoms with E-state index in [0.29, 0.717) is 50.9 Å². The third-order valence-corrected chi connectivity index (χ3v) is 12.6. The molecule has 3 saturated carbocycles. The van der Waals surface area contributed by atoms with Gasteiger partial charge in [-0.05, 0) is 74.0 Å². The second-order valence-corrected chi connectivity index (χ2v) is 14.4. The molecule has 0 saturated heterocycles. The normalized spacial score (nSPS) is 45.4. The van der Waals surface area contributed by atoms with E-state index in [1.807, 2.05) is 13.8 Å². The highest BCUT2D eigenvalue weighted by Crippen LogP contribution is 2.74. The monoisotopic (exact) mass is 517 g/mol. The van der Waals surface area contributed by atoms with Crippen LogP contribution in [0.1, 0.15) is 99.8 Å². The average Bonchev–Trinajstić information content (AvgIpc) is 3.02. The molecular formula is C31H49O6-. The molecule has 0 aromatic rings. The molecule has 0 bridgehead atoms. The summed E-state index contributed by atoms with van der Waals surface area (Å²) >= 11 is 0. The van der Waals surface area contributed by atoms with Gasteiger partial charge < -0.3 is 25.5 Å². The maximum atomic E-state index is 12.6. The largest absolute Gasteiger partial charge is 0.723 e. The minimum Gasteiger partial charge on any atom is -0.723 e. The van der Waals surface area contributed by atoms with Gasteiger partial charge in [-0.2, -0.15) is 0 Å². The molecule has 210 valence electrons. The Hall–Kier alpha value is -1.21. The zero-order valence-electron chi connectivity index (χ0n) is 24.0. The van der Waals surface area contributed by atoms with E-state index in [1.165, 1.54) is 5.57 Å². The van der Waals surface area contributed by atoms with Gasteiger partial charge in [0.1, 0.15) is 0 Å². The Morgan fingerprint density at radius 3 is 2.35 bits per heavy atom. The van der Waals surface area contributed by atoms with Gasteiger partial charge in [-0.15, -0.1) is 0 Å². The van der Waals surface area contributed by atoms with E-state index in [0.717, 1.165) is 12.0 Å². The van der Waals surface area contributed by atoms with Crippen LogP contribution >= 0.6 is 0 Å². The van der Waals surface area contributed by atoms with Gasteiger partial charge in [-0.25, -0.2) is 0 Å². The van der Waals surface area contributed by atoms with Crippen molar-refractivity contribution in [2.75, 3.05) is 0 Å². The Labute approximate surface area is 223 Å². The van der Waals surface area contributed by atoms with Gasteiger partial charge in [0.25, 0.3) is 0 Å². The summed E-state index contributed by atoms with van der Waals surface area (Å²) in [6, 6.07) is 0. The van der Waals surface area contributed by atoms with Gasteiger partial charge in [-0.1, -0.05) is 72.3 Å². The molecule has 2 unspecified atom stereocenters. The standard InChI is InChI=1S/C31H50O6/c1-18(2)19(3)9-10-20(26(34)35)25-23(32)17-30(8)22-12-16-31(37-36)27(4,5)24(33)13-15-28(31,6)21(22)11-14-29(25,30)7/h11,18,20,22-25,32-33,36H,3,9-10,12-17H2,1-2,4-8H3,(H,34,35)/p-1/t20-,22?,23-,24+,25?,28-,29-,30+,31-/m1/s1. The minimum atomic E-state index is -1.01. The third-order valence-electron chi connectivity index (χ3n) is 12.6. The van der Waals surface area contributed by atoms with Crippen molar-refractivity contribution in [2.45, 2.75) is 118 Å². The number of hydrogen-bond acceptors (Lipinski definition) is 5. The summed E-state index contributed by atoms with van der Waals surface area (Å²) in [5.41, 5.74) is -0.642. The van der Waals surface area contributed by atoms with E-state index in [-0.39, 0.29) is 22.7 Å². The number of aliphatic hydroxyl groups excluding tert-OH is 2. The number of carbonyl (C=O) groups is 1. The zero-order chi connectivity index (χ0) is 27.8. The predicted molar refractivity (Wildman–Crippen MR) is 141 cm³/mol. The van der Waals surface area contributed by atoms with Gasteiger partial charge in [-0.3, -0.25) is 4.79 Å². The molecule has 0 aromatic heterocycles. The quantitative estimate of drug-likeness (QED) is 0.248.